The van der Waals surface area contributed by atoms with Crippen molar-refractivity contribution in [2.75, 3.05) is 37.5 Å². The first-order valence-electron chi connectivity index (χ1n) is 11.8. The molecule has 3 rings (SSSR count). The second kappa shape index (κ2) is 11.2. The molecule has 8 nitrogen and oxygen atoms in total. The molecule has 0 bridgehead atoms. The summed E-state index contributed by atoms with van der Waals surface area (Å²) in [6.45, 7) is 8.97. The van der Waals surface area contributed by atoms with Gasteiger partial charge < -0.3 is 25.0 Å². The number of hydrogen-bond donors (Lipinski definition) is 2. The van der Waals surface area contributed by atoms with Crippen LogP contribution in [0.3, 0.4) is 0 Å². The van der Waals surface area contributed by atoms with Crippen molar-refractivity contribution in [2.24, 2.45) is 0 Å². The standard InChI is InChI=1S/C25H37N5O3/c1-7-32-21-13-18(14-22(15-21)33-8-2)24(31)27-19-9-11-20(12-10-19)28-25-26-17(4)16(3)23(29-25)30(5)6/h13-15,19-20H,7-12H2,1-6H3,(H,27,31)(H,26,28,29)/t19-,20+. The Balaban J connectivity index is 1.58. The fourth-order valence-corrected chi connectivity index (χ4v) is 4.15. The van der Waals surface area contributed by atoms with Gasteiger partial charge >= 0.3 is 0 Å². The number of aromatic nitrogens is 2. The zero-order valence-electron chi connectivity index (χ0n) is 20.7. The number of anilines is 2. The summed E-state index contributed by atoms with van der Waals surface area (Å²) in [5.74, 6) is 2.80. The summed E-state index contributed by atoms with van der Waals surface area (Å²) in [5.41, 5.74) is 2.64. The Morgan fingerprint density at radius 2 is 1.55 bits per heavy atom. The Hall–Kier alpha value is -3.03. The molecule has 1 aromatic carbocycles. The molecule has 1 aliphatic rings. The normalized spacial score (nSPS) is 17.9. The molecule has 8 heteroatoms. The van der Waals surface area contributed by atoms with E-state index in [0.29, 0.717) is 42.3 Å². The molecule has 1 aliphatic carbocycles. The predicted molar refractivity (Wildman–Crippen MR) is 132 cm³/mol. The number of nitrogens with zero attached hydrogens (tertiary/aromatic N) is 3. The zero-order chi connectivity index (χ0) is 24.0. The minimum absolute atomic E-state index is 0.0953. The van der Waals surface area contributed by atoms with Crippen LogP contribution in [0.5, 0.6) is 11.5 Å². The topological polar surface area (TPSA) is 88.6 Å². The third-order valence-electron chi connectivity index (χ3n) is 5.95. The first-order chi connectivity index (χ1) is 15.8. The number of benzene rings is 1. The largest absolute Gasteiger partial charge is 0.494 e. The number of hydrogen-bond acceptors (Lipinski definition) is 7. The van der Waals surface area contributed by atoms with Gasteiger partial charge in [0.1, 0.15) is 17.3 Å². The fraction of sp³-hybridized carbons (Fsp3) is 0.560. The van der Waals surface area contributed by atoms with Gasteiger partial charge in [0.25, 0.3) is 5.91 Å². The van der Waals surface area contributed by atoms with Crippen molar-refractivity contribution >= 4 is 17.7 Å². The molecule has 2 aromatic rings. The SMILES string of the molecule is CCOc1cc(OCC)cc(C(=O)N[C@H]2CC[C@@H](Nc3nc(C)c(C)c(N(C)C)n3)CC2)c1. The predicted octanol–water partition coefficient (Wildman–Crippen LogP) is 4.11. The summed E-state index contributed by atoms with van der Waals surface area (Å²) >= 11 is 0. The molecule has 1 saturated carbocycles. The maximum Gasteiger partial charge on any atom is 0.251 e. The summed E-state index contributed by atoms with van der Waals surface area (Å²) in [6.07, 6.45) is 3.69. The van der Waals surface area contributed by atoms with Gasteiger partial charge in [-0.25, -0.2) is 4.98 Å². The number of amides is 1. The molecule has 2 N–H and O–H groups in total. The lowest BCUT2D eigenvalue weighted by Crippen LogP contribution is -2.40. The van der Waals surface area contributed by atoms with Crippen molar-refractivity contribution in [3.05, 3.63) is 35.0 Å². The molecule has 1 fully saturated rings. The van der Waals surface area contributed by atoms with Crippen molar-refractivity contribution < 1.29 is 14.3 Å². The van der Waals surface area contributed by atoms with E-state index in [9.17, 15) is 4.79 Å². The van der Waals surface area contributed by atoms with E-state index in [1.165, 1.54) is 0 Å². The zero-order valence-corrected chi connectivity index (χ0v) is 20.7. The van der Waals surface area contributed by atoms with Gasteiger partial charge in [-0.15, -0.1) is 0 Å². The molecule has 0 aliphatic heterocycles. The lowest BCUT2D eigenvalue weighted by molar-refractivity contribution is 0.0925. The van der Waals surface area contributed by atoms with Crippen LogP contribution in [0.1, 0.15) is 61.1 Å². The van der Waals surface area contributed by atoms with Crippen molar-refractivity contribution in [1.29, 1.82) is 0 Å². The number of ether oxygens (including phenoxy) is 2. The van der Waals surface area contributed by atoms with Crippen LogP contribution in [-0.2, 0) is 0 Å². The van der Waals surface area contributed by atoms with E-state index in [2.05, 4.69) is 15.6 Å². The Labute approximate surface area is 197 Å². The van der Waals surface area contributed by atoms with Crippen LogP contribution in [0.4, 0.5) is 11.8 Å². The van der Waals surface area contributed by atoms with Gasteiger partial charge in [0.15, 0.2) is 0 Å². The molecular weight excluding hydrogens is 418 g/mol. The van der Waals surface area contributed by atoms with Gasteiger partial charge in [-0.1, -0.05) is 0 Å². The Bertz CT molecular complexity index is 931. The molecule has 1 aromatic heterocycles. The summed E-state index contributed by atoms with van der Waals surface area (Å²) in [4.78, 5) is 24.2. The number of carbonyl (C=O) groups is 1. The third-order valence-corrected chi connectivity index (χ3v) is 5.95. The molecule has 1 amide bonds. The smallest absolute Gasteiger partial charge is 0.251 e. The average molecular weight is 456 g/mol. The summed E-state index contributed by atoms with van der Waals surface area (Å²) in [5, 5.41) is 6.68. The minimum atomic E-state index is -0.0953. The van der Waals surface area contributed by atoms with E-state index in [1.54, 1.807) is 12.1 Å². The summed E-state index contributed by atoms with van der Waals surface area (Å²) < 4.78 is 11.2. The van der Waals surface area contributed by atoms with Gasteiger partial charge in [0.2, 0.25) is 5.95 Å². The molecule has 1 heterocycles. The quantitative estimate of drug-likeness (QED) is 0.588. The van der Waals surface area contributed by atoms with Gasteiger partial charge in [0.05, 0.1) is 13.2 Å². The van der Waals surface area contributed by atoms with Crippen LogP contribution in [-0.4, -0.2) is 55.3 Å². The molecule has 0 unspecified atom stereocenters. The van der Waals surface area contributed by atoms with Crippen LogP contribution in [0.25, 0.3) is 0 Å². The van der Waals surface area contributed by atoms with Crippen molar-refractivity contribution in [3.8, 4) is 11.5 Å². The maximum atomic E-state index is 12.9. The second-order valence-electron chi connectivity index (χ2n) is 8.70. The molecule has 0 atom stereocenters. The fourth-order valence-electron chi connectivity index (χ4n) is 4.15. The molecule has 0 spiro atoms. The first kappa shape index (κ1) is 24.6. The number of carbonyl (C=O) groups excluding carboxylic acids is 1. The molecular formula is C25H37N5O3. The highest BCUT2D eigenvalue weighted by atomic mass is 16.5. The Morgan fingerprint density at radius 1 is 0.970 bits per heavy atom. The number of nitrogens with one attached hydrogen (secondary N) is 2. The van der Waals surface area contributed by atoms with Gasteiger partial charge in [-0.2, -0.15) is 4.98 Å². The Kier molecular flexibility index (Phi) is 8.36. The average Bonchev–Trinajstić information content (AvgIpc) is 2.77. The monoisotopic (exact) mass is 455 g/mol. The third kappa shape index (κ3) is 6.49. The van der Waals surface area contributed by atoms with E-state index >= 15 is 0 Å². The summed E-state index contributed by atoms with van der Waals surface area (Å²) in [7, 11) is 3.99. The van der Waals surface area contributed by atoms with Crippen molar-refractivity contribution in [1.82, 2.24) is 15.3 Å². The number of rotatable bonds is 9. The van der Waals surface area contributed by atoms with E-state index in [-0.39, 0.29) is 11.9 Å². The summed E-state index contributed by atoms with van der Waals surface area (Å²) in [6, 6.07) is 5.79. The minimum Gasteiger partial charge on any atom is -0.494 e. The van der Waals surface area contributed by atoms with Crippen LogP contribution in [0.15, 0.2) is 18.2 Å². The molecule has 180 valence electrons. The highest BCUT2D eigenvalue weighted by Crippen LogP contribution is 2.26. The van der Waals surface area contributed by atoms with E-state index < -0.39 is 0 Å². The van der Waals surface area contributed by atoms with Crippen molar-refractivity contribution in [2.45, 2.75) is 65.5 Å². The van der Waals surface area contributed by atoms with Crippen LogP contribution in [0, 0.1) is 13.8 Å². The van der Waals surface area contributed by atoms with Crippen LogP contribution >= 0.6 is 0 Å². The van der Waals surface area contributed by atoms with E-state index in [1.807, 2.05) is 52.8 Å². The first-order valence-corrected chi connectivity index (χ1v) is 11.8. The Morgan fingerprint density at radius 3 is 2.09 bits per heavy atom. The molecule has 0 radical (unpaired) electrons. The number of aryl methyl sites for hydroxylation is 1. The van der Waals surface area contributed by atoms with E-state index in [0.717, 1.165) is 42.8 Å². The lowest BCUT2D eigenvalue weighted by Gasteiger charge is -2.30. The van der Waals surface area contributed by atoms with Gasteiger partial charge in [0, 0.05) is 49.1 Å². The van der Waals surface area contributed by atoms with Crippen LogP contribution < -0.4 is 25.0 Å². The maximum absolute atomic E-state index is 12.9. The van der Waals surface area contributed by atoms with Crippen molar-refractivity contribution in [3.63, 3.8) is 0 Å². The highest BCUT2D eigenvalue weighted by molar-refractivity contribution is 5.95. The van der Waals surface area contributed by atoms with Crippen LogP contribution in [0.2, 0.25) is 0 Å². The van der Waals surface area contributed by atoms with Gasteiger partial charge in [-0.3, -0.25) is 4.79 Å². The van der Waals surface area contributed by atoms with E-state index in [4.69, 9.17) is 14.5 Å². The molecule has 33 heavy (non-hydrogen) atoms. The van der Waals surface area contributed by atoms with Gasteiger partial charge in [-0.05, 0) is 65.5 Å². The highest BCUT2D eigenvalue weighted by Gasteiger charge is 2.24. The molecule has 0 saturated heterocycles. The lowest BCUT2D eigenvalue weighted by atomic mass is 9.91. The second-order valence-corrected chi connectivity index (χ2v) is 8.70.